The Bertz CT molecular complexity index is 218. The fourth-order valence-electron chi connectivity index (χ4n) is 1.04. The number of hydrogen-bond acceptors (Lipinski definition) is 2. The number of carboxylic acid groups (broad SMARTS) is 1. The Morgan fingerprint density at radius 1 is 1.20 bits per heavy atom. The van der Waals surface area contributed by atoms with Crippen molar-refractivity contribution < 1.29 is 14.7 Å². The number of aliphatic carboxylic acids is 1. The van der Waals surface area contributed by atoms with E-state index in [0.717, 1.165) is 6.42 Å². The molecule has 88 valence electrons. The van der Waals surface area contributed by atoms with Crippen LogP contribution in [0.3, 0.4) is 0 Å². The maximum absolute atomic E-state index is 11.3. The molecule has 2 N–H and O–H groups in total. The molecule has 0 aliphatic rings. The van der Waals surface area contributed by atoms with Crippen LogP contribution in [0.4, 0.5) is 0 Å². The minimum absolute atomic E-state index is 0.00955. The largest absolute Gasteiger partial charge is 0.481 e. The summed E-state index contributed by atoms with van der Waals surface area (Å²) >= 11 is 0. The van der Waals surface area contributed by atoms with Crippen LogP contribution in [0.5, 0.6) is 0 Å². The molecule has 0 heterocycles. The number of carbonyl (C=O) groups excluding carboxylic acids is 1. The smallest absolute Gasteiger partial charge is 0.303 e. The third kappa shape index (κ3) is 10.9. The first-order valence-corrected chi connectivity index (χ1v) is 5.30. The van der Waals surface area contributed by atoms with E-state index in [-0.39, 0.29) is 17.7 Å². The second-order valence-electron chi connectivity index (χ2n) is 4.91. The van der Waals surface area contributed by atoms with E-state index in [4.69, 9.17) is 5.11 Å². The lowest BCUT2D eigenvalue weighted by Crippen LogP contribution is -2.25. The Balaban J connectivity index is 3.46. The first-order chi connectivity index (χ1) is 6.81. The maximum atomic E-state index is 11.3. The average Bonchev–Trinajstić information content (AvgIpc) is 2.07. The number of rotatable bonds is 6. The standard InChI is InChI=1S/C11H21NO3/c1-11(2,3)7-6-9(13)12-8-4-5-10(14)15/h4-8H2,1-3H3,(H,12,13)(H,14,15). The number of carboxylic acids is 1. The van der Waals surface area contributed by atoms with E-state index in [0.29, 0.717) is 19.4 Å². The van der Waals surface area contributed by atoms with Gasteiger partial charge in [0, 0.05) is 19.4 Å². The van der Waals surface area contributed by atoms with Gasteiger partial charge in [0.15, 0.2) is 0 Å². The van der Waals surface area contributed by atoms with Crippen molar-refractivity contribution in [2.45, 2.75) is 46.5 Å². The van der Waals surface area contributed by atoms with E-state index in [9.17, 15) is 9.59 Å². The summed E-state index contributed by atoms with van der Waals surface area (Å²) in [6.07, 6.45) is 1.96. The number of hydrogen-bond donors (Lipinski definition) is 2. The molecule has 0 radical (unpaired) electrons. The Labute approximate surface area is 91.1 Å². The first kappa shape index (κ1) is 13.9. The minimum atomic E-state index is -0.820. The predicted octanol–water partition coefficient (Wildman–Crippen LogP) is 1.79. The normalized spacial score (nSPS) is 11.1. The fraction of sp³-hybridized carbons (Fsp3) is 0.818. The molecular weight excluding hydrogens is 194 g/mol. The lowest BCUT2D eigenvalue weighted by molar-refractivity contribution is -0.137. The zero-order chi connectivity index (χ0) is 11.9. The van der Waals surface area contributed by atoms with Gasteiger partial charge in [0.05, 0.1) is 0 Å². The van der Waals surface area contributed by atoms with Gasteiger partial charge in [0.25, 0.3) is 0 Å². The molecule has 0 aromatic carbocycles. The quantitative estimate of drug-likeness (QED) is 0.664. The molecule has 0 unspecified atom stereocenters. The van der Waals surface area contributed by atoms with Crippen LogP contribution in [0.25, 0.3) is 0 Å². The number of carbonyl (C=O) groups is 2. The highest BCUT2D eigenvalue weighted by Crippen LogP contribution is 2.20. The predicted molar refractivity (Wildman–Crippen MR) is 58.6 cm³/mol. The Morgan fingerprint density at radius 2 is 1.80 bits per heavy atom. The van der Waals surface area contributed by atoms with Crippen molar-refractivity contribution in [3.63, 3.8) is 0 Å². The summed E-state index contributed by atoms with van der Waals surface area (Å²) in [6.45, 7) is 6.72. The van der Waals surface area contributed by atoms with E-state index in [1.165, 1.54) is 0 Å². The zero-order valence-electron chi connectivity index (χ0n) is 9.80. The molecule has 0 spiro atoms. The Hall–Kier alpha value is -1.06. The molecule has 4 nitrogen and oxygen atoms in total. The molecule has 0 fully saturated rings. The topological polar surface area (TPSA) is 66.4 Å². The second-order valence-corrected chi connectivity index (χ2v) is 4.91. The SMILES string of the molecule is CC(C)(C)CCC(=O)NCCCC(=O)O. The van der Waals surface area contributed by atoms with Crippen LogP contribution >= 0.6 is 0 Å². The van der Waals surface area contributed by atoms with Crippen molar-refractivity contribution >= 4 is 11.9 Å². The highest BCUT2D eigenvalue weighted by atomic mass is 16.4. The third-order valence-electron chi connectivity index (χ3n) is 1.99. The van der Waals surface area contributed by atoms with E-state index < -0.39 is 5.97 Å². The molecule has 1 amide bonds. The Kier molecular flexibility index (Phi) is 5.97. The van der Waals surface area contributed by atoms with Gasteiger partial charge in [-0.2, -0.15) is 0 Å². The van der Waals surface area contributed by atoms with Crippen molar-refractivity contribution in [1.29, 1.82) is 0 Å². The molecule has 0 aromatic rings. The summed E-state index contributed by atoms with van der Waals surface area (Å²) in [5.74, 6) is -0.811. The lowest BCUT2D eigenvalue weighted by atomic mass is 9.90. The molecule has 0 aliphatic heterocycles. The molecule has 0 saturated carbocycles. The van der Waals surface area contributed by atoms with Gasteiger partial charge in [-0.15, -0.1) is 0 Å². The minimum Gasteiger partial charge on any atom is -0.481 e. The van der Waals surface area contributed by atoms with Gasteiger partial charge in [-0.25, -0.2) is 0 Å². The van der Waals surface area contributed by atoms with Crippen molar-refractivity contribution in [3.8, 4) is 0 Å². The summed E-state index contributed by atoms with van der Waals surface area (Å²) in [5.41, 5.74) is 0.165. The van der Waals surface area contributed by atoms with Gasteiger partial charge < -0.3 is 10.4 Å². The van der Waals surface area contributed by atoms with Crippen LogP contribution in [-0.4, -0.2) is 23.5 Å². The van der Waals surface area contributed by atoms with Crippen LogP contribution in [0.2, 0.25) is 0 Å². The van der Waals surface area contributed by atoms with Gasteiger partial charge in [0.2, 0.25) is 5.91 Å². The van der Waals surface area contributed by atoms with E-state index in [2.05, 4.69) is 26.1 Å². The zero-order valence-corrected chi connectivity index (χ0v) is 9.80. The van der Waals surface area contributed by atoms with Gasteiger partial charge in [-0.1, -0.05) is 20.8 Å². The second kappa shape index (κ2) is 6.43. The summed E-state index contributed by atoms with van der Waals surface area (Å²) in [7, 11) is 0. The molecule has 4 heteroatoms. The van der Waals surface area contributed by atoms with Crippen molar-refractivity contribution in [3.05, 3.63) is 0 Å². The van der Waals surface area contributed by atoms with Crippen LogP contribution in [0, 0.1) is 5.41 Å². The number of nitrogens with one attached hydrogen (secondary N) is 1. The van der Waals surface area contributed by atoms with Crippen LogP contribution < -0.4 is 5.32 Å². The lowest BCUT2D eigenvalue weighted by Gasteiger charge is -2.17. The summed E-state index contributed by atoms with van der Waals surface area (Å²) < 4.78 is 0. The average molecular weight is 215 g/mol. The van der Waals surface area contributed by atoms with E-state index in [1.807, 2.05) is 0 Å². The maximum Gasteiger partial charge on any atom is 0.303 e. The van der Waals surface area contributed by atoms with E-state index in [1.54, 1.807) is 0 Å². The highest BCUT2D eigenvalue weighted by Gasteiger charge is 2.12. The van der Waals surface area contributed by atoms with Crippen molar-refractivity contribution in [1.82, 2.24) is 5.32 Å². The monoisotopic (exact) mass is 215 g/mol. The van der Waals surface area contributed by atoms with Gasteiger partial charge in [0.1, 0.15) is 0 Å². The first-order valence-electron chi connectivity index (χ1n) is 5.30. The molecule has 15 heavy (non-hydrogen) atoms. The van der Waals surface area contributed by atoms with Crippen molar-refractivity contribution in [2.24, 2.45) is 5.41 Å². The molecular formula is C11H21NO3. The van der Waals surface area contributed by atoms with Crippen LogP contribution in [-0.2, 0) is 9.59 Å². The highest BCUT2D eigenvalue weighted by molar-refractivity contribution is 5.75. The molecule has 0 bridgehead atoms. The molecule has 0 atom stereocenters. The van der Waals surface area contributed by atoms with Gasteiger partial charge >= 0.3 is 5.97 Å². The summed E-state index contributed by atoms with van der Waals surface area (Å²) in [4.78, 5) is 21.5. The van der Waals surface area contributed by atoms with Crippen LogP contribution in [0.15, 0.2) is 0 Å². The number of amides is 1. The van der Waals surface area contributed by atoms with Gasteiger partial charge in [-0.3, -0.25) is 9.59 Å². The van der Waals surface area contributed by atoms with Crippen molar-refractivity contribution in [2.75, 3.05) is 6.54 Å². The summed E-state index contributed by atoms with van der Waals surface area (Å²) in [6, 6.07) is 0. The molecule has 0 aromatic heterocycles. The Morgan fingerprint density at radius 3 is 2.27 bits per heavy atom. The van der Waals surface area contributed by atoms with E-state index >= 15 is 0 Å². The molecule has 0 rings (SSSR count). The molecule has 0 aliphatic carbocycles. The third-order valence-corrected chi connectivity index (χ3v) is 1.99. The fourth-order valence-corrected chi connectivity index (χ4v) is 1.04. The van der Waals surface area contributed by atoms with Gasteiger partial charge in [-0.05, 0) is 18.3 Å². The summed E-state index contributed by atoms with van der Waals surface area (Å²) in [5, 5.41) is 11.1. The van der Waals surface area contributed by atoms with Crippen LogP contribution in [0.1, 0.15) is 46.5 Å². The molecule has 0 saturated heterocycles.